The Morgan fingerprint density at radius 1 is 1.29 bits per heavy atom. The molecule has 0 aliphatic carbocycles. The van der Waals surface area contributed by atoms with Gasteiger partial charge in [0.15, 0.2) is 0 Å². The number of nitrogens with two attached hydrogens (primary N) is 1. The van der Waals surface area contributed by atoms with E-state index in [1.807, 2.05) is 0 Å². The number of nitrogens with zero attached hydrogens (tertiary/aromatic N) is 1. The minimum absolute atomic E-state index is 0.0573. The SMILES string of the molecule is CCC[C@@]1(N)CCCN(Cc2ccccc2)C1. The second-order valence-electron chi connectivity index (χ2n) is 5.41. The lowest BCUT2D eigenvalue weighted by Gasteiger charge is -2.40. The molecule has 0 saturated carbocycles. The molecule has 1 aliphatic rings. The molecule has 1 saturated heterocycles. The van der Waals surface area contributed by atoms with E-state index in [0.717, 1.165) is 19.5 Å². The van der Waals surface area contributed by atoms with Gasteiger partial charge in [0.1, 0.15) is 0 Å². The average molecular weight is 232 g/mol. The van der Waals surface area contributed by atoms with E-state index >= 15 is 0 Å². The zero-order valence-electron chi connectivity index (χ0n) is 10.9. The normalized spacial score (nSPS) is 26.0. The Morgan fingerprint density at radius 2 is 2.06 bits per heavy atom. The Kier molecular flexibility index (Phi) is 4.19. The zero-order chi connectivity index (χ0) is 12.1. The quantitative estimate of drug-likeness (QED) is 0.865. The largest absolute Gasteiger partial charge is 0.324 e. The molecule has 1 atom stereocenters. The third-order valence-corrected chi connectivity index (χ3v) is 3.68. The van der Waals surface area contributed by atoms with Crippen LogP contribution in [0.25, 0.3) is 0 Å². The molecule has 0 bridgehead atoms. The van der Waals surface area contributed by atoms with Crippen LogP contribution < -0.4 is 5.73 Å². The van der Waals surface area contributed by atoms with E-state index in [2.05, 4.69) is 42.2 Å². The van der Waals surface area contributed by atoms with Crippen molar-refractivity contribution in [2.75, 3.05) is 13.1 Å². The molecule has 0 radical (unpaired) electrons. The topological polar surface area (TPSA) is 29.3 Å². The summed E-state index contributed by atoms with van der Waals surface area (Å²) in [7, 11) is 0. The predicted octanol–water partition coefficient (Wildman–Crippen LogP) is 2.78. The molecular weight excluding hydrogens is 208 g/mol. The highest BCUT2D eigenvalue weighted by Gasteiger charge is 2.30. The van der Waals surface area contributed by atoms with Gasteiger partial charge in [0.2, 0.25) is 0 Å². The summed E-state index contributed by atoms with van der Waals surface area (Å²) in [6, 6.07) is 10.7. The van der Waals surface area contributed by atoms with Crippen LogP contribution in [-0.4, -0.2) is 23.5 Å². The van der Waals surface area contributed by atoms with Crippen molar-refractivity contribution in [2.24, 2.45) is 5.73 Å². The zero-order valence-corrected chi connectivity index (χ0v) is 10.9. The first-order valence-electron chi connectivity index (χ1n) is 6.77. The van der Waals surface area contributed by atoms with Crippen LogP contribution in [0.5, 0.6) is 0 Å². The van der Waals surface area contributed by atoms with E-state index in [4.69, 9.17) is 5.73 Å². The first-order valence-corrected chi connectivity index (χ1v) is 6.77. The maximum absolute atomic E-state index is 6.47. The lowest BCUT2D eigenvalue weighted by atomic mass is 9.86. The van der Waals surface area contributed by atoms with Crippen LogP contribution in [0.2, 0.25) is 0 Å². The molecule has 1 aromatic rings. The molecular formula is C15H24N2. The fourth-order valence-corrected chi connectivity index (χ4v) is 2.94. The summed E-state index contributed by atoms with van der Waals surface area (Å²) in [5.74, 6) is 0. The third-order valence-electron chi connectivity index (χ3n) is 3.68. The van der Waals surface area contributed by atoms with Gasteiger partial charge in [-0.1, -0.05) is 43.7 Å². The van der Waals surface area contributed by atoms with Crippen LogP contribution in [0.15, 0.2) is 30.3 Å². The number of benzene rings is 1. The van der Waals surface area contributed by atoms with E-state index in [9.17, 15) is 0 Å². The van der Waals surface area contributed by atoms with Gasteiger partial charge in [-0.2, -0.15) is 0 Å². The molecule has 2 N–H and O–H groups in total. The highest BCUT2D eigenvalue weighted by atomic mass is 15.2. The molecule has 0 amide bonds. The number of hydrogen-bond acceptors (Lipinski definition) is 2. The Bertz CT molecular complexity index is 332. The monoisotopic (exact) mass is 232 g/mol. The van der Waals surface area contributed by atoms with Gasteiger partial charge in [0, 0.05) is 18.6 Å². The number of rotatable bonds is 4. The average Bonchev–Trinajstić information content (AvgIpc) is 2.30. The lowest BCUT2D eigenvalue weighted by molar-refractivity contribution is 0.136. The van der Waals surface area contributed by atoms with E-state index < -0.39 is 0 Å². The first-order chi connectivity index (χ1) is 8.22. The highest BCUT2D eigenvalue weighted by molar-refractivity contribution is 5.14. The summed E-state index contributed by atoms with van der Waals surface area (Å²) in [5, 5.41) is 0. The summed E-state index contributed by atoms with van der Waals surface area (Å²) in [6.45, 7) is 5.52. The van der Waals surface area contributed by atoms with Crippen molar-refractivity contribution < 1.29 is 0 Å². The second kappa shape index (κ2) is 5.65. The maximum atomic E-state index is 6.47. The third kappa shape index (κ3) is 3.55. The molecule has 2 heteroatoms. The van der Waals surface area contributed by atoms with Gasteiger partial charge in [-0.05, 0) is 31.4 Å². The molecule has 0 aromatic heterocycles. The van der Waals surface area contributed by atoms with Crippen LogP contribution in [0.4, 0.5) is 0 Å². The standard InChI is InChI=1S/C15H24N2/c1-2-9-15(16)10-6-11-17(13-15)12-14-7-4-3-5-8-14/h3-5,7-8H,2,6,9-13,16H2,1H3/t15-/m1/s1. The minimum Gasteiger partial charge on any atom is -0.324 e. The van der Waals surface area contributed by atoms with Crippen LogP contribution in [-0.2, 0) is 6.54 Å². The van der Waals surface area contributed by atoms with E-state index in [0.29, 0.717) is 0 Å². The van der Waals surface area contributed by atoms with Crippen LogP contribution in [0.3, 0.4) is 0 Å². The van der Waals surface area contributed by atoms with Gasteiger partial charge >= 0.3 is 0 Å². The Balaban J connectivity index is 1.94. The summed E-state index contributed by atoms with van der Waals surface area (Å²) in [5.41, 5.74) is 7.93. The molecule has 1 fully saturated rings. The van der Waals surface area contributed by atoms with E-state index in [1.165, 1.54) is 31.4 Å². The van der Waals surface area contributed by atoms with Crippen molar-refractivity contribution in [3.63, 3.8) is 0 Å². The number of hydrogen-bond donors (Lipinski definition) is 1. The van der Waals surface area contributed by atoms with E-state index in [1.54, 1.807) is 0 Å². The van der Waals surface area contributed by atoms with Crippen molar-refractivity contribution in [1.82, 2.24) is 4.90 Å². The molecule has 0 spiro atoms. The smallest absolute Gasteiger partial charge is 0.0283 e. The van der Waals surface area contributed by atoms with Gasteiger partial charge < -0.3 is 5.73 Å². The minimum atomic E-state index is 0.0573. The van der Waals surface area contributed by atoms with Gasteiger partial charge in [-0.25, -0.2) is 0 Å². The van der Waals surface area contributed by atoms with Crippen LogP contribution >= 0.6 is 0 Å². The molecule has 1 heterocycles. The Labute approximate surface area is 105 Å². The molecule has 1 aromatic carbocycles. The van der Waals surface area contributed by atoms with Gasteiger partial charge in [-0.3, -0.25) is 4.90 Å². The van der Waals surface area contributed by atoms with Gasteiger partial charge in [-0.15, -0.1) is 0 Å². The Hall–Kier alpha value is -0.860. The number of likely N-dealkylation sites (tertiary alicyclic amines) is 1. The van der Waals surface area contributed by atoms with Gasteiger partial charge in [0.25, 0.3) is 0 Å². The summed E-state index contributed by atoms with van der Waals surface area (Å²) in [6.07, 6.45) is 4.77. The van der Waals surface area contributed by atoms with Crippen molar-refractivity contribution in [3.8, 4) is 0 Å². The van der Waals surface area contributed by atoms with Gasteiger partial charge in [0.05, 0.1) is 0 Å². The second-order valence-corrected chi connectivity index (χ2v) is 5.41. The molecule has 0 unspecified atom stereocenters. The molecule has 1 aliphatic heterocycles. The highest BCUT2D eigenvalue weighted by Crippen LogP contribution is 2.24. The number of piperidine rings is 1. The predicted molar refractivity (Wildman–Crippen MR) is 72.8 cm³/mol. The fourth-order valence-electron chi connectivity index (χ4n) is 2.94. The van der Waals surface area contributed by atoms with Crippen molar-refractivity contribution in [2.45, 2.75) is 44.7 Å². The lowest BCUT2D eigenvalue weighted by Crippen LogP contribution is -2.53. The molecule has 94 valence electrons. The molecule has 2 nitrogen and oxygen atoms in total. The van der Waals surface area contributed by atoms with Crippen LogP contribution in [0.1, 0.15) is 38.2 Å². The van der Waals surface area contributed by atoms with Crippen LogP contribution in [0, 0.1) is 0 Å². The van der Waals surface area contributed by atoms with Crippen molar-refractivity contribution in [3.05, 3.63) is 35.9 Å². The first kappa shape index (κ1) is 12.6. The van der Waals surface area contributed by atoms with E-state index in [-0.39, 0.29) is 5.54 Å². The fraction of sp³-hybridized carbons (Fsp3) is 0.600. The molecule has 2 rings (SSSR count). The summed E-state index contributed by atoms with van der Waals surface area (Å²) in [4.78, 5) is 2.51. The van der Waals surface area contributed by atoms with Crippen molar-refractivity contribution >= 4 is 0 Å². The maximum Gasteiger partial charge on any atom is 0.0283 e. The summed E-state index contributed by atoms with van der Waals surface area (Å²) >= 11 is 0. The molecule has 17 heavy (non-hydrogen) atoms. The van der Waals surface area contributed by atoms with Crippen molar-refractivity contribution in [1.29, 1.82) is 0 Å². The Morgan fingerprint density at radius 3 is 2.76 bits per heavy atom. The summed E-state index contributed by atoms with van der Waals surface area (Å²) < 4.78 is 0.